The average Bonchev–Trinajstić information content (AvgIpc) is 2.88. The highest BCUT2D eigenvalue weighted by Crippen LogP contribution is 2.28. The lowest BCUT2D eigenvalue weighted by molar-refractivity contribution is -0.140. The molecule has 1 unspecified atom stereocenters. The summed E-state index contributed by atoms with van der Waals surface area (Å²) >= 11 is 18.5. The maximum Gasteiger partial charge on any atom is 0.264 e. The van der Waals surface area contributed by atoms with E-state index >= 15 is 0 Å². The van der Waals surface area contributed by atoms with Crippen LogP contribution < -0.4 is 9.62 Å². The van der Waals surface area contributed by atoms with Crippen molar-refractivity contribution < 1.29 is 18.0 Å². The van der Waals surface area contributed by atoms with Gasteiger partial charge in [0.05, 0.1) is 10.6 Å². The molecule has 11 heteroatoms. The zero-order valence-electron chi connectivity index (χ0n) is 20.9. The molecule has 2 amide bonds. The third-order valence-electron chi connectivity index (χ3n) is 5.81. The minimum absolute atomic E-state index is 0.0124. The Bertz CT molecular complexity index is 1380. The number of hydrogen-bond acceptors (Lipinski definition) is 4. The lowest BCUT2D eigenvalue weighted by Gasteiger charge is -2.33. The van der Waals surface area contributed by atoms with E-state index in [0.29, 0.717) is 33.6 Å². The molecule has 0 aliphatic heterocycles. The van der Waals surface area contributed by atoms with Crippen LogP contribution in [-0.4, -0.2) is 44.3 Å². The number of sulfonamides is 1. The second-order valence-corrected chi connectivity index (χ2v) is 11.5. The molecule has 0 saturated carbocycles. The van der Waals surface area contributed by atoms with Crippen molar-refractivity contribution in [2.45, 2.75) is 37.8 Å². The van der Waals surface area contributed by atoms with Crippen LogP contribution in [0.15, 0.2) is 77.7 Å². The topological polar surface area (TPSA) is 86.8 Å². The average molecular weight is 597 g/mol. The Hall–Kier alpha value is -2.78. The van der Waals surface area contributed by atoms with Crippen molar-refractivity contribution in [1.29, 1.82) is 0 Å². The zero-order valence-corrected chi connectivity index (χ0v) is 24.0. The summed E-state index contributed by atoms with van der Waals surface area (Å²) in [6.07, 6.45) is 0.309. The van der Waals surface area contributed by atoms with E-state index < -0.39 is 28.5 Å². The lowest BCUT2D eigenvalue weighted by Crippen LogP contribution is -2.52. The maximum atomic E-state index is 13.9. The van der Waals surface area contributed by atoms with E-state index in [9.17, 15) is 18.0 Å². The van der Waals surface area contributed by atoms with Crippen molar-refractivity contribution in [2.24, 2.45) is 0 Å². The molecule has 3 rings (SSSR count). The quantitative estimate of drug-likeness (QED) is 0.304. The molecule has 0 aromatic heterocycles. The molecule has 0 bridgehead atoms. The van der Waals surface area contributed by atoms with Gasteiger partial charge in [-0.15, -0.1) is 0 Å². The Labute approximate surface area is 238 Å². The van der Waals surface area contributed by atoms with Crippen LogP contribution in [0.3, 0.4) is 0 Å². The van der Waals surface area contributed by atoms with E-state index in [0.717, 1.165) is 4.31 Å². The van der Waals surface area contributed by atoms with E-state index in [1.807, 2.05) is 0 Å². The number of nitrogens with one attached hydrogen (secondary N) is 1. The standard InChI is InChI=1S/C27H28Cl3N3O4S/c1-3-25(27(35)31-4-2)32(17-19-8-5-6-11-24(19)30)26(34)18-33(22-10-7-9-21(29)16-22)38(36,37)23-14-12-20(28)13-15-23/h5-16,25H,3-4,17-18H2,1-2H3,(H,31,35). The summed E-state index contributed by atoms with van der Waals surface area (Å²) in [6, 6.07) is 18.0. The first-order chi connectivity index (χ1) is 18.1. The molecular formula is C27H28Cl3N3O4S. The molecule has 0 fully saturated rings. The first-order valence-electron chi connectivity index (χ1n) is 11.9. The molecule has 3 aromatic carbocycles. The van der Waals surface area contributed by atoms with Gasteiger partial charge < -0.3 is 10.2 Å². The van der Waals surface area contributed by atoms with Gasteiger partial charge in [0, 0.05) is 28.2 Å². The number of anilines is 1. The Balaban J connectivity index is 2.07. The molecular weight excluding hydrogens is 569 g/mol. The van der Waals surface area contributed by atoms with Crippen molar-refractivity contribution in [3.05, 3.63) is 93.4 Å². The number of nitrogens with zero attached hydrogens (tertiary/aromatic N) is 2. The molecule has 3 aromatic rings. The number of benzene rings is 3. The smallest absolute Gasteiger partial charge is 0.264 e. The van der Waals surface area contributed by atoms with Gasteiger partial charge in [0.25, 0.3) is 10.0 Å². The third kappa shape index (κ3) is 7.20. The van der Waals surface area contributed by atoms with E-state index in [-0.39, 0.29) is 23.0 Å². The summed E-state index contributed by atoms with van der Waals surface area (Å²) in [5, 5.41) is 3.85. The number of halogens is 3. The maximum absolute atomic E-state index is 13.9. The van der Waals surface area contributed by atoms with Gasteiger partial charge in [0.15, 0.2) is 0 Å². The fourth-order valence-corrected chi connectivity index (χ4v) is 5.83. The first kappa shape index (κ1) is 29.8. The largest absolute Gasteiger partial charge is 0.355 e. The van der Waals surface area contributed by atoms with Crippen LogP contribution in [-0.2, 0) is 26.2 Å². The summed E-state index contributed by atoms with van der Waals surface area (Å²) in [5.74, 6) is -0.925. The van der Waals surface area contributed by atoms with E-state index in [2.05, 4.69) is 5.32 Å². The van der Waals surface area contributed by atoms with Gasteiger partial charge in [-0.25, -0.2) is 8.42 Å². The minimum Gasteiger partial charge on any atom is -0.355 e. The zero-order chi connectivity index (χ0) is 27.9. The van der Waals surface area contributed by atoms with E-state index in [1.54, 1.807) is 56.3 Å². The molecule has 38 heavy (non-hydrogen) atoms. The minimum atomic E-state index is -4.22. The van der Waals surface area contributed by atoms with Crippen LogP contribution in [0.1, 0.15) is 25.8 Å². The SMILES string of the molecule is CCNC(=O)C(CC)N(Cc1ccccc1Cl)C(=O)CN(c1cccc(Cl)c1)S(=O)(=O)c1ccc(Cl)cc1. The highest BCUT2D eigenvalue weighted by Gasteiger charge is 2.33. The normalized spacial score (nSPS) is 12.0. The number of carbonyl (C=O) groups is 2. The second kappa shape index (κ2) is 13.3. The van der Waals surface area contributed by atoms with Gasteiger partial charge >= 0.3 is 0 Å². The van der Waals surface area contributed by atoms with Crippen molar-refractivity contribution in [2.75, 3.05) is 17.4 Å². The summed E-state index contributed by atoms with van der Waals surface area (Å²) in [7, 11) is -4.22. The van der Waals surface area contributed by atoms with Gasteiger partial charge in [-0.2, -0.15) is 0 Å². The van der Waals surface area contributed by atoms with Crippen LogP contribution in [0.5, 0.6) is 0 Å². The summed E-state index contributed by atoms with van der Waals surface area (Å²) in [4.78, 5) is 28.2. The second-order valence-electron chi connectivity index (χ2n) is 8.38. The summed E-state index contributed by atoms with van der Waals surface area (Å²) < 4.78 is 28.5. The number of rotatable bonds is 11. The fraction of sp³-hybridized carbons (Fsp3) is 0.259. The number of carbonyl (C=O) groups excluding carboxylic acids is 2. The monoisotopic (exact) mass is 595 g/mol. The van der Waals surface area contributed by atoms with Crippen molar-refractivity contribution in [3.8, 4) is 0 Å². The number of likely N-dealkylation sites (N-methyl/N-ethyl adjacent to an activating group) is 1. The molecule has 0 radical (unpaired) electrons. The summed E-state index contributed by atoms with van der Waals surface area (Å²) in [6.45, 7) is 3.38. The molecule has 0 saturated heterocycles. The van der Waals surface area contributed by atoms with Crippen molar-refractivity contribution in [3.63, 3.8) is 0 Å². The molecule has 7 nitrogen and oxygen atoms in total. The van der Waals surface area contributed by atoms with Gasteiger partial charge in [-0.05, 0) is 67.4 Å². The first-order valence-corrected chi connectivity index (χ1v) is 14.5. The van der Waals surface area contributed by atoms with Crippen LogP contribution >= 0.6 is 34.8 Å². The van der Waals surface area contributed by atoms with Crippen LogP contribution in [0.2, 0.25) is 15.1 Å². The number of amides is 2. The van der Waals surface area contributed by atoms with Gasteiger partial charge in [-0.1, -0.05) is 66.0 Å². The van der Waals surface area contributed by atoms with Gasteiger partial charge in [-0.3, -0.25) is 13.9 Å². The van der Waals surface area contributed by atoms with Crippen molar-refractivity contribution >= 4 is 62.3 Å². The predicted molar refractivity (Wildman–Crippen MR) is 152 cm³/mol. The highest BCUT2D eigenvalue weighted by molar-refractivity contribution is 7.92. The highest BCUT2D eigenvalue weighted by atomic mass is 35.5. The van der Waals surface area contributed by atoms with Crippen LogP contribution in [0, 0.1) is 0 Å². The van der Waals surface area contributed by atoms with Gasteiger partial charge in [0.1, 0.15) is 12.6 Å². The lowest BCUT2D eigenvalue weighted by atomic mass is 10.1. The number of hydrogen-bond donors (Lipinski definition) is 1. The van der Waals surface area contributed by atoms with E-state index in [1.165, 1.54) is 35.2 Å². The van der Waals surface area contributed by atoms with Crippen LogP contribution in [0.25, 0.3) is 0 Å². The third-order valence-corrected chi connectivity index (χ3v) is 8.46. The molecule has 0 spiro atoms. The molecule has 1 N–H and O–H groups in total. The summed E-state index contributed by atoms with van der Waals surface area (Å²) in [5.41, 5.74) is 0.824. The van der Waals surface area contributed by atoms with E-state index in [4.69, 9.17) is 34.8 Å². The Kier molecular flexibility index (Phi) is 10.4. The Morgan fingerprint density at radius 2 is 1.58 bits per heavy atom. The molecule has 0 heterocycles. The van der Waals surface area contributed by atoms with Crippen LogP contribution in [0.4, 0.5) is 5.69 Å². The molecule has 0 aliphatic rings. The predicted octanol–water partition coefficient (Wildman–Crippen LogP) is 5.79. The van der Waals surface area contributed by atoms with Crippen molar-refractivity contribution in [1.82, 2.24) is 10.2 Å². The fourth-order valence-electron chi connectivity index (χ4n) is 3.92. The van der Waals surface area contributed by atoms with Gasteiger partial charge in [0.2, 0.25) is 11.8 Å². The Morgan fingerprint density at radius 3 is 2.18 bits per heavy atom. The molecule has 202 valence electrons. The molecule has 0 aliphatic carbocycles. The molecule has 1 atom stereocenters. The Morgan fingerprint density at radius 1 is 0.895 bits per heavy atom.